The van der Waals surface area contributed by atoms with E-state index >= 15 is 0 Å². The number of hydrogen-bond donors (Lipinski definition) is 0. The number of aryl methyl sites for hydroxylation is 3. The Morgan fingerprint density at radius 2 is 1.62 bits per heavy atom. The number of aromatic nitrogens is 5. The molecule has 0 N–H and O–H groups in total. The van der Waals surface area contributed by atoms with Crippen LogP contribution in [0, 0.1) is 13.8 Å². The number of imidazole rings is 2. The first-order chi connectivity index (χ1) is 11.4. The van der Waals surface area contributed by atoms with Crippen LogP contribution >= 0.6 is 0 Å². The molecule has 7 heteroatoms. The second-order valence-electron chi connectivity index (χ2n) is 6.10. The SMILES string of the molecule is Cc1ccc(-n2c(C)cn3c4c(=O)n(C)c(=O)n(C)c4nc23)cc1. The number of fused-ring (bicyclic) bond motifs is 3. The fourth-order valence-electron chi connectivity index (χ4n) is 3.10. The highest BCUT2D eigenvalue weighted by Gasteiger charge is 2.19. The van der Waals surface area contributed by atoms with E-state index in [4.69, 9.17) is 0 Å². The lowest BCUT2D eigenvalue weighted by Gasteiger charge is -2.06. The molecular formula is C17H17N5O2. The van der Waals surface area contributed by atoms with E-state index in [0.29, 0.717) is 16.9 Å². The average molecular weight is 323 g/mol. The minimum Gasteiger partial charge on any atom is -0.283 e. The van der Waals surface area contributed by atoms with E-state index in [1.165, 1.54) is 17.2 Å². The number of rotatable bonds is 1. The smallest absolute Gasteiger partial charge is 0.283 e. The largest absolute Gasteiger partial charge is 0.332 e. The van der Waals surface area contributed by atoms with Gasteiger partial charge in [0.15, 0.2) is 11.2 Å². The minimum absolute atomic E-state index is 0.346. The van der Waals surface area contributed by atoms with Crippen LogP contribution in [0.4, 0.5) is 0 Å². The van der Waals surface area contributed by atoms with Gasteiger partial charge >= 0.3 is 5.69 Å². The van der Waals surface area contributed by atoms with Gasteiger partial charge in [-0.15, -0.1) is 0 Å². The zero-order valence-electron chi connectivity index (χ0n) is 13.9. The van der Waals surface area contributed by atoms with Crippen molar-refractivity contribution in [3.8, 4) is 5.69 Å². The summed E-state index contributed by atoms with van der Waals surface area (Å²) in [5.74, 6) is 0.615. The van der Waals surface area contributed by atoms with Crippen LogP contribution in [-0.4, -0.2) is 23.1 Å². The monoisotopic (exact) mass is 323 g/mol. The zero-order chi connectivity index (χ0) is 17.2. The minimum atomic E-state index is -0.383. The molecule has 3 aromatic heterocycles. The molecule has 122 valence electrons. The zero-order valence-corrected chi connectivity index (χ0v) is 13.9. The van der Waals surface area contributed by atoms with Gasteiger partial charge in [-0.3, -0.25) is 22.9 Å². The third kappa shape index (κ3) is 1.75. The lowest BCUT2D eigenvalue weighted by molar-refractivity contribution is 0.708. The summed E-state index contributed by atoms with van der Waals surface area (Å²) >= 11 is 0. The van der Waals surface area contributed by atoms with Crippen molar-refractivity contribution in [1.29, 1.82) is 0 Å². The molecular weight excluding hydrogens is 306 g/mol. The highest BCUT2D eigenvalue weighted by atomic mass is 16.2. The van der Waals surface area contributed by atoms with Gasteiger partial charge in [-0.2, -0.15) is 4.98 Å². The Labute approximate surface area is 137 Å². The molecule has 0 fully saturated rings. The van der Waals surface area contributed by atoms with Gasteiger partial charge < -0.3 is 0 Å². The molecule has 0 amide bonds. The Balaban J connectivity index is 2.19. The third-order valence-electron chi connectivity index (χ3n) is 4.43. The summed E-state index contributed by atoms with van der Waals surface area (Å²) in [7, 11) is 3.10. The van der Waals surface area contributed by atoms with Crippen molar-refractivity contribution in [2.24, 2.45) is 14.1 Å². The van der Waals surface area contributed by atoms with E-state index in [9.17, 15) is 9.59 Å². The van der Waals surface area contributed by atoms with Crippen molar-refractivity contribution >= 4 is 16.9 Å². The maximum Gasteiger partial charge on any atom is 0.332 e. The van der Waals surface area contributed by atoms with Crippen LogP contribution in [-0.2, 0) is 14.1 Å². The average Bonchev–Trinajstić information content (AvgIpc) is 3.06. The molecule has 4 rings (SSSR count). The van der Waals surface area contributed by atoms with Crippen LogP contribution in [0.1, 0.15) is 11.3 Å². The van der Waals surface area contributed by atoms with E-state index < -0.39 is 0 Å². The summed E-state index contributed by atoms with van der Waals surface area (Å²) < 4.78 is 6.24. The third-order valence-corrected chi connectivity index (χ3v) is 4.43. The highest BCUT2D eigenvalue weighted by Crippen LogP contribution is 2.21. The van der Waals surface area contributed by atoms with E-state index in [-0.39, 0.29) is 11.2 Å². The van der Waals surface area contributed by atoms with E-state index in [0.717, 1.165) is 15.9 Å². The molecule has 7 nitrogen and oxygen atoms in total. The summed E-state index contributed by atoms with van der Waals surface area (Å²) in [4.78, 5) is 29.3. The molecule has 1 aromatic carbocycles. The van der Waals surface area contributed by atoms with Gasteiger partial charge in [0.05, 0.1) is 0 Å². The maximum absolute atomic E-state index is 12.6. The predicted molar refractivity (Wildman–Crippen MR) is 92.0 cm³/mol. The number of benzene rings is 1. The highest BCUT2D eigenvalue weighted by molar-refractivity contribution is 5.76. The Kier molecular flexibility index (Phi) is 2.84. The lowest BCUT2D eigenvalue weighted by Crippen LogP contribution is -2.37. The molecule has 0 atom stereocenters. The molecule has 0 spiro atoms. The van der Waals surface area contributed by atoms with Gasteiger partial charge in [-0.25, -0.2) is 4.79 Å². The first-order valence-electron chi connectivity index (χ1n) is 7.63. The number of hydrogen-bond acceptors (Lipinski definition) is 3. The second-order valence-corrected chi connectivity index (χ2v) is 6.10. The molecule has 24 heavy (non-hydrogen) atoms. The van der Waals surface area contributed by atoms with Gasteiger partial charge in [0, 0.05) is 31.7 Å². The lowest BCUT2D eigenvalue weighted by atomic mass is 10.2. The molecule has 0 bridgehead atoms. The first-order valence-corrected chi connectivity index (χ1v) is 7.63. The van der Waals surface area contributed by atoms with Gasteiger partial charge in [-0.1, -0.05) is 17.7 Å². The molecule has 0 unspecified atom stereocenters. The molecule has 3 heterocycles. The first kappa shape index (κ1) is 14.5. The molecule has 4 aromatic rings. The summed E-state index contributed by atoms with van der Waals surface area (Å²) in [6.07, 6.45) is 1.87. The molecule has 0 aliphatic heterocycles. The molecule has 0 saturated carbocycles. The molecule has 0 saturated heterocycles. The van der Waals surface area contributed by atoms with Crippen LogP contribution in [0.15, 0.2) is 40.1 Å². The van der Waals surface area contributed by atoms with Crippen molar-refractivity contribution in [3.63, 3.8) is 0 Å². The van der Waals surface area contributed by atoms with Gasteiger partial charge in [-0.05, 0) is 26.0 Å². The molecule has 0 aliphatic carbocycles. The van der Waals surface area contributed by atoms with Gasteiger partial charge in [0.25, 0.3) is 5.56 Å². The van der Waals surface area contributed by atoms with Crippen LogP contribution in [0.25, 0.3) is 22.6 Å². The predicted octanol–water partition coefficient (Wildman–Crippen LogP) is 1.29. The van der Waals surface area contributed by atoms with Crippen LogP contribution in [0.2, 0.25) is 0 Å². The Morgan fingerprint density at radius 3 is 2.29 bits per heavy atom. The van der Waals surface area contributed by atoms with Crippen LogP contribution < -0.4 is 11.2 Å². The van der Waals surface area contributed by atoms with E-state index in [1.807, 2.05) is 48.9 Å². The number of nitrogens with zero attached hydrogens (tertiary/aromatic N) is 5. The standard InChI is InChI=1S/C17H17N5O2/c1-10-5-7-12(8-6-10)22-11(2)9-21-13-14(18-16(21)22)19(3)17(24)20(4)15(13)23/h5-9H,1-4H3. The van der Waals surface area contributed by atoms with Gasteiger partial charge in [0.1, 0.15) is 0 Å². The Morgan fingerprint density at radius 1 is 0.958 bits per heavy atom. The van der Waals surface area contributed by atoms with Crippen molar-refractivity contribution in [1.82, 2.24) is 23.1 Å². The normalized spacial score (nSPS) is 11.7. The fraction of sp³-hybridized carbons (Fsp3) is 0.235. The summed E-state index contributed by atoms with van der Waals surface area (Å²) in [5, 5.41) is 0. The van der Waals surface area contributed by atoms with Crippen molar-refractivity contribution in [3.05, 3.63) is 62.6 Å². The maximum atomic E-state index is 12.6. The summed E-state index contributed by atoms with van der Waals surface area (Å²) in [6.45, 7) is 4.00. The second kappa shape index (κ2) is 4.70. The Bertz CT molecular complexity index is 1220. The quantitative estimate of drug-likeness (QED) is 0.530. The van der Waals surface area contributed by atoms with Crippen molar-refractivity contribution < 1.29 is 0 Å². The fourth-order valence-corrected chi connectivity index (χ4v) is 3.10. The van der Waals surface area contributed by atoms with Crippen LogP contribution in [0.5, 0.6) is 0 Å². The Hall–Kier alpha value is -3.09. The van der Waals surface area contributed by atoms with E-state index in [2.05, 4.69) is 4.98 Å². The molecule has 0 radical (unpaired) electrons. The van der Waals surface area contributed by atoms with Crippen LogP contribution in [0.3, 0.4) is 0 Å². The van der Waals surface area contributed by atoms with Crippen molar-refractivity contribution in [2.45, 2.75) is 13.8 Å². The summed E-state index contributed by atoms with van der Waals surface area (Å²) in [6, 6.07) is 8.09. The molecule has 0 aliphatic rings. The van der Waals surface area contributed by atoms with E-state index in [1.54, 1.807) is 11.4 Å². The van der Waals surface area contributed by atoms with Gasteiger partial charge in [0.2, 0.25) is 5.78 Å². The topological polar surface area (TPSA) is 66.2 Å². The van der Waals surface area contributed by atoms with Crippen molar-refractivity contribution in [2.75, 3.05) is 0 Å². The summed E-state index contributed by atoms with van der Waals surface area (Å²) in [5.41, 5.74) is 3.16.